The van der Waals surface area contributed by atoms with Gasteiger partial charge >= 0.3 is 0 Å². The van der Waals surface area contributed by atoms with Crippen molar-refractivity contribution in [2.45, 2.75) is 25.3 Å². The Labute approximate surface area is 185 Å². The van der Waals surface area contributed by atoms with Crippen molar-refractivity contribution < 1.29 is 35.8 Å². The summed E-state index contributed by atoms with van der Waals surface area (Å²) in [6, 6.07) is 6.29. The molecule has 0 bridgehead atoms. The van der Waals surface area contributed by atoms with E-state index in [1.165, 1.54) is 12.1 Å². The largest absolute Gasteiger partial charge is 0.533 e. The van der Waals surface area contributed by atoms with Gasteiger partial charge in [0, 0.05) is 78.5 Å². The Morgan fingerprint density at radius 2 is 1.96 bits per heavy atom. The van der Waals surface area contributed by atoms with Gasteiger partial charge in [0.05, 0.1) is 0 Å². The first-order valence-corrected chi connectivity index (χ1v) is 9.68. The molecule has 1 aromatic rings. The number of rotatable bonds is 5. The maximum atomic E-state index is 12.5. The van der Waals surface area contributed by atoms with Crippen LogP contribution in [0, 0.1) is 6.07 Å². The van der Waals surface area contributed by atoms with E-state index in [0.717, 1.165) is 32.6 Å². The first-order chi connectivity index (χ1) is 13.0. The predicted molar refractivity (Wildman–Crippen MR) is 104 cm³/mol. The second-order valence-corrected chi connectivity index (χ2v) is 7.45. The summed E-state index contributed by atoms with van der Waals surface area (Å²) in [5, 5.41) is 10.2. The summed E-state index contributed by atoms with van der Waals surface area (Å²) < 4.78 is 0. The molecule has 1 unspecified atom stereocenters. The van der Waals surface area contributed by atoms with Gasteiger partial charge in [-0.3, -0.25) is 14.5 Å². The van der Waals surface area contributed by atoms with Crippen LogP contribution in [0.2, 0.25) is 5.02 Å². The van der Waals surface area contributed by atoms with Gasteiger partial charge in [-0.05, 0) is 12.5 Å². The molecule has 1 N–H and O–H groups in total. The zero-order valence-electron chi connectivity index (χ0n) is 15.7. The van der Waals surface area contributed by atoms with Gasteiger partial charge in [-0.15, -0.1) is 23.2 Å². The van der Waals surface area contributed by atoms with E-state index in [4.69, 9.17) is 11.6 Å². The molecule has 3 rings (SSSR count). The Morgan fingerprint density at radius 3 is 2.61 bits per heavy atom. The van der Waals surface area contributed by atoms with Crippen LogP contribution < -0.4 is 0 Å². The van der Waals surface area contributed by atoms with Crippen molar-refractivity contribution in [3.05, 3.63) is 41.4 Å². The number of carbonyl (C=O) groups is 2. The second-order valence-electron chi connectivity index (χ2n) is 7.04. The van der Waals surface area contributed by atoms with Crippen LogP contribution in [-0.2, 0) is 37.1 Å². The summed E-state index contributed by atoms with van der Waals surface area (Å²) in [6.07, 6.45) is 3.17. The molecule has 28 heavy (non-hydrogen) atoms. The van der Waals surface area contributed by atoms with Crippen LogP contribution in [0.15, 0.2) is 24.8 Å². The zero-order valence-corrected chi connectivity index (χ0v) is 18.7. The molecular formula is C20H25ClN3O3Pt-. The van der Waals surface area contributed by atoms with Gasteiger partial charge in [-0.25, -0.2) is 0 Å². The molecule has 1 aromatic carbocycles. The number of benzene rings is 1. The fourth-order valence-corrected chi connectivity index (χ4v) is 3.95. The van der Waals surface area contributed by atoms with Crippen LogP contribution in [0.3, 0.4) is 0 Å². The van der Waals surface area contributed by atoms with Crippen LogP contribution in [0.4, 0.5) is 0 Å². The Balaban J connectivity index is 0.00000280. The number of aryl methyl sites for hydroxylation is 1. The quantitative estimate of drug-likeness (QED) is 0.422. The molecule has 2 heterocycles. The number of nitrogens with zero attached hydrogens (tertiary/aromatic N) is 3. The third kappa shape index (κ3) is 5.59. The number of phenolic OH excluding ortho intramolecular Hbond substituents is 1. The van der Waals surface area contributed by atoms with Gasteiger partial charge in [0.1, 0.15) is 0 Å². The number of piperazine rings is 1. The molecule has 2 fully saturated rings. The average Bonchev–Trinajstić information content (AvgIpc) is 3.17. The maximum absolute atomic E-state index is 12.5. The van der Waals surface area contributed by atoms with Crippen LogP contribution in [0.1, 0.15) is 18.4 Å². The first kappa shape index (κ1) is 22.9. The molecule has 2 aliphatic heterocycles. The number of halogens is 1. The summed E-state index contributed by atoms with van der Waals surface area (Å²) in [6.45, 7) is 8.11. The van der Waals surface area contributed by atoms with E-state index in [0.29, 0.717) is 42.6 Å². The number of phenols is 1. The standard InChI is InChI=1S/C20H25ClN3O3.Pt/c1-2-19(26)24-8-7-17(14-24)22-9-11-23(12-10-22)20(27)6-4-15-3-5-16(21)13-18(15)25;/h2-3,13,17,25H,1,4,6-12,14H2;/q-1;. The summed E-state index contributed by atoms with van der Waals surface area (Å²) in [7, 11) is 0. The van der Waals surface area contributed by atoms with Crippen molar-refractivity contribution in [2.75, 3.05) is 39.3 Å². The second kappa shape index (κ2) is 10.4. The van der Waals surface area contributed by atoms with Crippen molar-refractivity contribution in [1.29, 1.82) is 0 Å². The Hall–Kier alpha value is -1.36. The van der Waals surface area contributed by atoms with Crippen molar-refractivity contribution in [2.24, 2.45) is 0 Å². The van der Waals surface area contributed by atoms with Gasteiger partial charge in [-0.2, -0.15) is 12.1 Å². The molecule has 2 amide bonds. The zero-order chi connectivity index (χ0) is 19.4. The summed E-state index contributed by atoms with van der Waals surface area (Å²) in [5.74, 6) is 0.198. The Morgan fingerprint density at radius 1 is 1.25 bits per heavy atom. The summed E-state index contributed by atoms with van der Waals surface area (Å²) in [5.41, 5.74) is 0.685. The van der Waals surface area contributed by atoms with Gasteiger partial charge in [0.15, 0.2) is 0 Å². The minimum Gasteiger partial charge on any atom is -0.533 e. The number of aromatic hydroxyl groups is 1. The minimum absolute atomic E-state index is 0. The van der Waals surface area contributed by atoms with Crippen LogP contribution in [0.25, 0.3) is 0 Å². The predicted octanol–water partition coefficient (Wildman–Crippen LogP) is 1.71. The molecule has 0 aliphatic carbocycles. The molecule has 0 aromatic heterocycles. The number of likely N-dealkylation sites (tertiary alicyclic amines) is 1. The molecule has 2 aliphatic rings. The molecular weight excluding hydrogens is 561 g/mol. The van der Waals surface area contributed by atoms with Crippen LogP contribution in [0.5, 0.6) is 5.75 Å². The molecule has 1 atom stereocenters. The first-order valence-electron chi connectivity index (χ1n) is 9.30. The van der Waals surface area contributed by atoms with E-state index in [9.17, 15) is 14.7 Å². The van der Waals surface area contributed by atoms with E-state index < -0.39 is 0 Å². The molecule has 0 spiro atoms. The molecule has 8 heteroatoms. The average molecular weight is 586 g/mol. The van der Waals surface area contributed by atoms with Crippen molar-refractivity contribution in [1.82, 2.24) is 14.7 Å². The monoisotopic (exact) mass is 585 g/mol. The number of amides is 2. The molecule has 6 nitrogen and oxygen atoms in total. The number of carbonyl (C=O) groups excluding carboxylic acids is 2. The molecule has 0 radical (unpaired) electrons. The normalized spacial score (nSPS) is 20.0. The van der Waals surface area contributed by atoms with Gasteiger partial charge < -0.3 is 14.9 Å². The van der Waals surface area contributed by atoms with E-state index >= 15 is 0 Å². The Bertz CT molecular complexity index is 723. The molecule has 0 saturated carbocycles. The molecule has 156 valence electrons. The third-order valence-corrected chi connectivity index (χ3v) is 5.64. The fourth-order valence-electron chi connectivity index (χ4n) is 3.79. The Kier molecular flexibility index (Phi) is 8.53. The van der Waals surface area contributed by atoms with E-state index in [1.807, 2.05) is 9.80 Å². The van der Waals surface area contributed by atoms with Crippen LogP contribution in [-0.4, -0.2) is 76.9 Å². The van der Waals surface area contributed by atoms with E-state index in [1.54, 1.807) is 6.07 Å². The van der Waals surface area contributed by atoms with Crippen molar-refractivity contribution >= 4 is 23.4 Å². The van der Waals surface area contributed by atoms with Crippen molar-refractivity contribution in [3.8, 4) is 5.75 Å². The fraction of sp³-hybridized carbons (Fsp3) is 0.500. The SMILES string of the molecule is C=CC(=O)N1CCC(N2CCN(C(=O)CCc3c[c-]c(Cl)cc3O)CC2)C1.[Pt]. The topological polar surface area (TPSA) is 64.1 Å². The third-order valence-electron chi connectivity index (χ3n) is 5.42. The smallest absolute Gasteiger partial charge is 0.246 e. The van der Waals surface area contributed by atoms with E-state index in [-0.39, 0.29) is 38.6 Å². The minimum atomic E-state index is -0.00555. The van der Waals surface area contributed by atoms with Gasteiger partial charge in [0.25, 0.3) is 0 Å². The molecule has 2 saturated heterocycles. The van der Waals surface area contributed by atoms with Gasteiger partial charge in [0.2, 0.25) is 11.8 Å². The van der Waals surface area contributed by atoms with Crippen LogP contribution >= 0.6 is 11.6 Å². The summed E-state index contributed by atoms with van der Waals surface area (Å²) in [4.78, 5) is 30.3. The summed E-state index contributed by atoms with van der Waals surface area (Å²) >= 11 is 5.78. The number of hydrogen-bond acceptors (Lipinski definition) is 4. The van der Waals surface area contributed by atoms with Gasteiger partial charge in [-0.1, -0.05) is 18.0 Å². The van der Waals surface area contributed by atoms with Crippen molar-refractivity contribution in [3.63, 3.8) is 0 Å². The number of hydrogen-bond donors (Lipinski definition) is 1. The maximum Gasteiger partial charge on any atom is 0.246 e. The van der Waals surface area contributed by atoms with E-state index in [2.05, 4.69) is 17.5 Å².